The van der Waals surface area contributed by atoms with Crippen molar-refractivity contribution in [1.82, 2.24) is 4.90 Å². The fraction of sp³-hybridized carbons (Fsp3) is 0.533. The lowest BCUT2D eigenvalue weighted by Gasteiger charge is -2.34. The van der Waals surface area contributed by atoms with Gasteiger partial charge in [-0.1, -0.05) is 24.6 Å². The third kappa shape index (κ3) is 2.69. The molecule has 1 saturated heterocycles. The molecule has 1 aliphatic rings. The van der Waals surface area contributed by atoms with E-state index in [-0.39, 0.29) is 11.3 Å². The van der Waals surface area contributed by atoms with Gasteiger partial charge in [0.1, 0.15) is 0 Å². The smallest absolute Gasteiger partial charge is 0.254 e. The van der Waals surface area contributed by atoms with Crippen molar-refractivity contribution >= 4 is 17.5 Å². The number of benzene rings is 1. The zero-order valence-electron chi connectivity index (χ0n) is 11.2. The summed E-state index contributed by atoms with van der Waals surface area (Å²) in [4.78, 5) is 14.4. The molecule has 3 heteroatoms. The fourth-order valence-corrected chi connectivity index (χ4v) is 2.64. The maximum atomic E-state index is 12.5. The Morgan fingerprint density at radius 1 is 1.39 bits per heavy atom. The van der Waals surface area contributed by atoms with Gasteiger partial charge in [-0.15, -0.1) is 11.6 Å². The molecule has 1 heterocycles. The molecule has 0 spiro atoms. The molecule has 0 N–H and O–H groups in total. The van der Waals surface area contributed by atoms with Gasteiger partial charge >= 0.3 is 0 Å². The Morgan fingerprint density at radius 2 is 2.11 bits per heavy atom. The van der Waals surface area contributed by atoms with E-state index in [1.54, 1.807) is 0 Å². The quantitative estimate of drug-likeness (QED) is 0.713. The first-order valence-corrected chi connectivity index (χ1v) is 6.93. The van der Waals surface area contributed by atoms with Crippen molar-refractivity contribution < 1.29 is 4.79 Å². The molecule has 1 aromatic rings. The molecule has 0 saturated carbocycles. The number of likely N-dealkylation sites (tertiary alicyclic amines) is 1. The molecule has 18 heavy (non-hydrogen) atoms. The van der Waals surface area contributed by atoms with Crippen molar-refractivity contribution in [3.05, 3.63) is 34.9 Å². The van der Waals surface area contributed by atoms with Crippen LogP contribution in [-0.4, -0.2) is 29.3 Å². The molecule has 1 fully saturated rings. The first-order valence-electron chi connectivity index (χ1n) is 6.49. The summed E-state index contributed by atoms with van der Waals surface area (Å²) in [7, 11) is 0. The number of hydrogen-bond donors (Lipinski definition) is 0. The van der Waals surface area contributed by atoms with Crippen LogP contribution in [0.1, 0.15) is 34.8 Å². The number of piperidine rings is 1. The van der Waals surface area contributed by atoms with Crippen molar-refractivity contribution in [3.8, 4) is 0 Å². The lowest BCUT2D eigenvalue weighted by Crippen LogP contribution is -2.44. The number of hydrogen-bond acceptors (Lipinski definition) is 1. The average molecular weight is 266 g/mol. The van der Waals surface area contributed by atoms with E-state index in [1.807, 2.05) is 36.9 Å². The summed E-state index contributed by atoms with van der Waals surface area (Å²) in [5.74, 6) is 0.614. The minimum Gasteiger partial charge on any atom is -0.337 e. The monoisotopic (exact) mass is 265 g/mol. The van der Waals surface area contributed by atoms with Gasteiger partial charge in [0.05, 0.1) is 5.38 Å². The van der Waals surface area contributed by atoms with Gasteiger partial charge in [-0.25, -0.2) is 0 Å². The predicted octanol–water partition coefficient (Wildman–Crippen LogP) is 3.39. The van der Waals surface area contributed by atoms with Crippen LogP contribution in [0.5, 0.6) is 0 Å². The lowest BCUT2D eigenvalue weighted by molar-refractivity contribution is 0.0700. The van der Waals surface area contributed by atoms with Crippen LogP contribution in [0.2, 0.25) is 0 Å². The van der Waals surface area contributed by atoms with E-state index in [4.69, 9.17) is 11.6 Å². The van der Waals surface area contributed by atoms with Crippen LogP contribution in [0.25, 0.3) is 0 Å². The number of rotatable bonds is 1. The molecule has 2 rings (SSSR count). The SMILES string of the molecule is Cc1ccc(C)c(C(=O)N2CCC(C)C(Cl)C2)c1. The number of aryl methyl sites for hydroxylation is 2. The topological polar surface area (TPSA) is 20.3 Å². The molecule has 2 atom stereocenters. The predicted molar refractivity (Wildman–Crippen MR) is 75.2 cm³/mol. The molecule has 1 aliphatic heterocycles. The number of nitrogens with zero attached hydrogens (tertiary/aromatic N) is 1. The number of alkyl halides is 1. The van der Waals surface area contributed by atoms with Crippen molar-refractivity contribution in [2.75, 3.05) is 13.1 Å². The fourth-order valence-electron chi connectivity index (χ4n) is 2.34. The van der Waals surface area contributed by atoms with Gasteiger partial charge in [0.2, 0.25) is 0 Å². The zero-order chi connectivity index (χ0) is 13.3. The maximum absolute atomic E-state index is 12.5. The molecule has 98 valence electrons. The third-order valence-electron chi connectivity index (χ3n) is 3.78. The minimum absolute atomic E-state index is 0.0767. The van der Waals surface area contributed by atoms with Gasteiger partial charge < -0.3 is 4.90 Å². The van der Waals surface area contributed by atoms with Crippen LogP contribution < -0.4 is 0 Å². The maximum Gasteiger partial charge on any atom is 0.254 e. The second kappa shape index (κ2) is 5.31. The van der Waals surface area contributed by atoms with Crippen LogP contribution in [-0.2, 0) is 0 Å². The number of carbonyl (C=O) groups excluding carboxylic acids is 1. The Balaban J connectivity index is 2.19. The van der Waals surface area contributed by atoms with E-state index in [9.17, 15) is 4.79 Å². The molecule has 0 radical (unpaired) electrons. The Hall–Kier alpha value is -1.02. The van der Waals surface area contributed by atoms with Crippen LogP contribution in [0, 0.1) is 19.8 Å². The summed E-state index contributed by atoms with van der Waals surface area (Å²) in [6.07, 6.45) is 0.991. The molecule has 0 bridgehead atoms. The molecule has 1 amide bonds. The van der Waals surface area contributed by atoms with Crippen molar-refractivity contribution in [2.45, 2.75) is 32.6 Å². The van der Waals surface area contributed by atoms with Crippen molar-refractivity contribution in [1.29, 1.82) is 0 Å². The van der Waals surface area contributed by atoms with Crippen molar-refractivity contribution in [2.24, 2.45) is 5.92 Å². The van der Waals surface area contributed by atoms with Gasteiger partial charge in [0.25, 0.3) is 5.91 Å². The molecule has 2 unspecified atom stereocenters. The first-order chi connectivity index (χ1) is 8.49. The number of amides is 1. The molecular weight excluding hydrogens is 246 g/mol. The van der Waals surface area contributed by atoms with E-state index in [0.717, 1.165) is 29.7 Å². The molecule has 0 aromatic heterocycles. The average Bonchev–Trinajstić information content (AvgIpc) is 2.35. The Kier molecular flexibility index (Phi) is 3.96. The van der Waals surface area contributed by atoms with Gasteiger partial charge in [-0.05, 0) is 37.8 Å². The van der Waals surface area contributed by atoms with Gasteiger partial charge in [-0.2, -0.15) is 0 Å². The Labute approximate surface area is 114 Å². The summed E-state index contributed by atoms with van der Waals surface area (Å²) in [6, 6.07) is 6.01. The number of carbonyl (C=O) groups is 1. The molecule has 1 aromatic carbocycles. The summed E-state index contributed by atoms with van der Waals surface area (Å²) >= 11 is 6.27. The van der Waals surface area contributed by atoms with Crippen LogP contribution in [0.3, 0.4) is 0 Å². The highest BCUT2D eigenvalue weighted by Crippen LogP contribution is 2.24. The normalized spacial score (nSPS) is 24.1. The molecule has 0 aliphatic carbocycles. The second-order valence-electron chi connectivity index (χ2n) is 5.35. The molecule has 2 nitrogen and oxygen atoms in total. The third-order valence-corrected chi connectivity index (χ3v) is 4.35. The van der Waals surface area contributed by atoms with Crippen LogP contribution in [0.4, 0.5) is 0 Å². The van der Waals surface area contributed by atoms with Gasteiger partial charge in [0, 0.05) is 18.7 Å². The summed E-state index contributed by atoms with van der Waals surface area (Å²) in [6.45, 7) is 7.62. The lowest BCUT2D eigenvalue weighted by atomic mass is 9.97. The summed E-state index contributed by atoms with van der Waals surface area (Å²) in [5, 5.41) is 0.0767. The van der Waals surface area contributed by atoms with E-state index in [0.29, 0.717) is 12.5 Å². The van der Waals surface area contributed by atoms with E-state index in [1.165, 1.54) is 0 Å². The van der Waals surface area contributed by atoms with Crippen LogP contribution in [0.15, 0.2) is 18.2 Å². The van der Waals surface area contributed by atoms with Crippen molar-refractivity contribution in [3.63, 3.8) is 0 Å². The van der Waals surface area contributed by atoms with Gasteiger partial charge in [0.15, 0.2) is 0 Å². The zero-order valence-corrected chi connectivity index (χ0v) is 12.0. The number of halogens is 1. The summed E-state index contributed by atoms with van der Waals surface area (Å²) < 4.78 is 0. The Bertz CT molecular complexity index is 458. The first kappa shape index (κ1) is 13.4. The molecular formula is C15H20ClNO. The van der Waals surface area contributed by atoms with Crippen LogP contribution >= 0.6 is 11.6 Å². The highest BCUT2D eigenvalue weighted by atomic mass is 35.5. The standard InChI is InChI=1S/C15H20ClNO/c1-10-4-5-11(2)13(8-10)15(18)17-7-6-12(3)14(16)9-17/h4-5,8,12,14H,6-7,9H2,1-3H3. The minimum atomic E-state index is 0.0767. The van der Waals surface area contributed by atoms with E-state index < -0.39 is 0 Å². The highest BCUT2D eigenvalue weighted by molar-refractivity contribution is 6.21. The van der Waals surface area contributed by atoms with E-state index in [2.05, 4.69) is 6.92 Å². The second-order valence-corrected chi connectivity index (χ2v) is 5.91. The van der Waals surface area contributed by atoms with E-state index >= 15 is 0 Å². The largest absolute Gasteiger partial charge is 0.337 e. The Morgan fingerprint density at radius 3 is 2.78 bits per heavy atom. The highest BCUT2D eigenvalue weighted by Gasteiger charge is 2.28. The van der Waals surface area contributed by atoms with Gasteiger partial charge in [-0.3, -0.25) is 4.79 Å². The summed E-state index contributed by atoms with van der Waals surface area (Å²) in [5.41, 5.74) is 2.97.